The predicted molar refractivity (Wildman–Crippen MR) is 80.3 cm³/mol. The van der Waals surface area contributed by atoms with Gasteiger partial charge in [-0.1, -0.05) is 13.8 Å². The number of hydrogen-bond donors (Lipinski definition) is 2. The van der Waals surface area contributed by atoms with Gasteiger partial charge in [-0.2, -0.15) is 0 Å². The lowest BCUT2D eigenvalue weighted by Crippen LogP contribution is -2.27. The molecular formula is C15H23F2N3O. The van der Waals surface area contributed by atoms with E-state index in [4.69, 9.17) is 0 Å². The van der Waals surface area contributed by atoms with Crippen molar-refractivity contribution in [3.63, 3.8) is 0 Å². The first-order valence-corrected chi connectivity index (χ1v) is 6.98. The topological polar surface area (TPSA) is 44.4 Å². The lowest BCUT2D eigenvalue weighted by atomic mass is 10.1. The summed E-state index contributed by atoms with van der Waals surface area (Å²) in [6.45, 7) is 4.59. The maximum Gasteiger partial charge on any atom is 0.221 e. The van der Waals surface area contributed by atoms with Gasteiger partial charge in [0.25, 0.3) is 0 Å². The fourth-order valence-corrected chi connectivity index (χ4v) is 1.91. The van der Waals surface area contributed by atoms with Crippen LogP contribution in [0.3, 0.4) is 0 Å². The Morgan fingerprint density at radius 3 is 2.33 bits per heavy atom. The minimum absolute atomic E-state index is 0.104. The second-order valence-corrected chi connectivity index (χ2v) is 5.29. The Morgan fingerprint density at radius 1 is 1.29 bits per heavy atom. The summed E-state index contributed by atoms with van der Waals surface area (Å²) in [4.78, 5) is 12.6. The summed E-state index contributed by atoms with van der Waals surface area (Å²) in [7, 11) is 3.09. The Balaban J connectivity index is 2.81. The van der Waals surface area contributed by atoms with Gasteiger partial charge in [0, 0.05) is 39.6 Å². The Kier molecular flexibility index (Phi) is 6.55. The zero-order valence-electron chi connectivity index (χ0n) is 13.0. The lowest BCUT2D eigenvalue weighted by Gasteiger charge is -2.21. The summed E-state index contributed by atoms with van der Waals surface area (Å²) >= 11 is 0. The normalized spacial score (nSPS) is 10.8. The molecule has 0 spiro atoms. The molecule has 0 heterocycles. The third-order valence-electron chi connectivity index (χ3n) is 3.13. The number of rotatable bonds is 7. The summed E-state index contributed by atoms with van der Waals surface area (Å²) in [5.41, 5.74) is 0.453. The van der Waals surface area contributed by atoms with E-state index in [0.29, 0.717) is 12.1 Å². The molecule has 1 aromatic carbocycles. The van der Waals surface area contributed by atoms with Crippen molar-refractivity contribution in [2.45, 2.75) is 32.9 Å². The Bertz CT molecular complexity index is 469. The van der Waals surface area contributed by atoms with Gasteiger partial charge < -0.3 is 15.5 Å². The number of halogens is 2. The fraction of sp³-hybridized carbons (Fsp3) is 0.533. The second kappa shape index (κ2) is 7.93. The van der Waals surface area contributed by atoms with Gasteiger partial charge in [0.2, 0.25) is 5.91 Å². The molecule has 4 nitrogen and oxygen atoms in total. The van der Waals surface area contributed by atoms with Gasteiger partial charge in [-0.05, 0) is 17.7 Å². The van der Waals surface area contributed by atoms with E-state index in [9.17, 15) is 13.6 Å². The van der Waals surface area contributed by atoms with Crippen molar-refractivity contribution >= 4 is 11.6 Å². The molecule has 0 unspecified atom stereocenters. The molecule has 0 atom stereocenters. The van der Waals surface area contributed by atoms with Crippen molar-refractivity contribution in [2.24, 2.45) is 0 Å². The molecule has 0 bridgehead atoms. The van der Waals surface area contributed by atoms with Crippen LogP contribution in [0.4, 0.5) is 14.5 Å². The van der Waals surface area contributed by atoms with Crippen LogP contribution in [0.2, 0.25) is 0 Å². The van der Waals surface area contributed by atoms with Crippen molar-refractivity contribution in [2.75, 3.05) is 25.5 Å². The quantitative estimate of drug-likeness (QED) is 0.810. The van der Waals surface area contributed by atoms with E-state index in [-0.39, 0.29) is 30.6 Å². The molecule has 0 aliphatic rings. The summed E-state index contributed by atoms with van der Waals surface area (Å²) in [5, 5.41) is 5.59. The van der Waals surface area contributed by atoms with Crippen LogP contribution in [0.1, 0.15) is 25.8 Å². The van der Waals surface area contributed by atoms with Crippen LogP contribution in [0, 0.1) is 11.6 Å². The SMILES string of the molecule is CNC(=O)CCN(C)c1c(F)cc(CNC(C)C)cc1F. The maximum atomic E-state index is 14.1. The standard InChI is InChI=1S/C15H23F2N3O/c1-10(2)19-9-11-7-12(16)15(13(17)8-11)20(4)6-5-14(21)18-3/h7-8,10,19H,5-6,9H2,1-4H3,(H,18,21). The van der Waals surface area contributed by atoms with Gasteiger partial charge >= 0.3 is 0 Å². The minimum atomic E-state index is -0.616. The number of nitrogens with zero attached hydrogens (tertiary/aromatic N) is 1. The van der Waals surface area contributed by atoms with Crippen molar-refractivity contribution in [3.05, 3.63) is 29.3 Å². The number of nitrogens with one attached hydrogen (secondary N) is 2. The summed E-state index contributed by atoms with van der Waals surface area (Å²) < 4.78 is 28.2. The van der Waals surface area contributed by atoms with Crippen LogP contribution in [-0.4, -0.2) is 32.6 Å². The number of benzene rings is 1. The van der Waals surface area contributed by atoms with Crippen molar-refractivity contribution in [1.29, 1.82) is 0 Å². The number of carbonyl (C=O) groups excluding carboxylic acids is 1. The molecule has 0 aromatic heterocycles. The van der Waals surface area contributed by atoms with Gasteiger partial charge in [0.15, 0.2) is 0 Å². The van der Waals surface area contributed by atoms with Crippen LogP contribution < -0.4 is 15.5 Å². The molecule has 0 aliphatic carbocycles. The van der Waals surface area contributed by atoms with E-state index in [0.717, 1.165) is 0 Å². The van der Waals surface area contributed by atoms with Crippen LogP contribution in [0.25, 0.3) is 0 Å². The molecule has 1 amide bonds. The van der Waals surface area contributed by atoms with Gasteiger partial charge in [0.05, 0.1) is 0 Å². The summed E-state index contributed by atoms with van der Waals surface area (Å²) in [6.07, 6.45) is 0.183. The van der Waals surface area contributed by atoms with Crippen LogP contribution in [0.5, 0.6) is 0 Å². The number of hydrogen-bond acceptors (Lipinski definition) is 3. The van der Waals surface area contributed by atoms with Gasteiger partial charge in [0.1, 0.15) is 17.3 Å². The zero-order chi connectivity index (χ0) is 16.0. The molecule has 1 rings (SSSR count). The van der Waals surface area contributed by atoms with Crippen molar-refractivity contribution in [3.8, 4) is 0 Å². The first-order chi connectivity index (χ1) is 9.85. The number of anilines is 1. The van der Waals surface area contributed by atoms with E-state index < -0.39 is 11.6 Å². The highest BCUT2D eigenvalue weighted by Gasteiger charge is 2.16. The van der Waals surface area contributed by atoms with Crippen molar-refractivity contribution in [1.82, 2.24) is 10.6 Å². The van der Waals surface area contributed by atoms with E-state index in [1.54, 1.807) is 7.05 Å². The van der Waals surface area contributed by atoms with Crippen LogP contribution in [-0.2, 0) is 11.3 Å². The Morgan fingerprint density at radius 2 is 1.86 bits per heavy atom. The number of amides is 1. The van der Waals surface area contributed by atoms with Crippen molar-refractivity contribution < 1.29 is 13.6 Å². The van der Waals surface area contributed by atoms with Gasteiger partial charge in [-0.15, -0.1) is 0 Å². The molecule has 0 saturated heterocycles. The van der Waals surface area contributed by atoms with Gasteiger partial charge in [-0.3, -0.25) is 4.79 Å². The maximum absolute atomic E-state index is 14.1. The van der Waals surface area contributed by atoms with E-state index in [1.165, 1.54) is 24.1 Å². The summed E-state index contributed by atoms with van der Waals surface area (Å²) in [6, 6.07) is 2.89. The zero-order valence-corrected chi connectivity index (χ0v) is 13.0. The molecule has 0 saturated carbocycles. The van der Waals surface area contributed by atoms with Gasteiger partial charge in [-0.25, -0.2) is 8.78 Å². The van der Waals surface area contributed by atoms with E-state index in [1.807, 2.05) is 13.8 Å². The predicted octanol–water partition coefficient (Wildman–Crippen LogP) is 2.04. The van der Waals surface area contributed by atoms with Crippen LogP contribution >= 0.6 is 0 Å². The smallest absolute Gasteiger partial charge is 0.221 e. The lowest BCUT2D eigenvalue weighted by molar-refractivity contribution is -0.120. The molecule has 0 radical (unpaired) electrons. The number of carbonyl (C=O) groups is 1. The monoisotopic (exact) mass is 299 g/mol. The Labute approximate surface area is 124 Å². The molecular weight excluding hydrogens is 276 g/mol. The van der Waals surface area contributed by atoms with E-state index in [2.05, 4.69) is 10.6 Å². The first-order valence-electron chi connectivity index (χ1n) is 6.98. The second-order valence-electron chi connectivity index (χ2n) is 5.29. The highest BCUT2D eigenvalue weighted by molar-refractivity contribution is 5.76. The third kappa shape index (κ3) is 5.30. The fourth-order valence-electron chi connectivity index (χ4n) is 1.91. The summed E-state index contributed by atoms with van der Waals surface area (Å²) in [5.74, 6) is -1.40. The average molecular weight is 299 g/mol. The molecule has 0 aliphatic heterocycles. The molecule has 0 fully saturated rings. The highest BCUT2D eigenvalue weighted by Crippen LogP contribution is 2.24. The van der Waals surface area contributed by atoms with E-state index >= 15 is 0 Å². The molecule has 1 aromatic rings. The highest BCUT2D eigenvalue weighted by atomic mass is 19.1. The molecule has 21 heavy (non-hydrogen) atoms. The average Bonchev–Trinajstić information content (AvgIpc) is 2.41. The molecule has 6 heteroatoms. The molecule has 2 N–H and O–H groups in total. The first kappa shape index (κ1) is 17.4. The minimum Gasteiger partial charge on any atom is -0.369 e. The third-order valence-corrected chi connectivity index (χ3v) is 3.13. The van der Waals surface area contributed by atoms with Crippen LogP contribution in [0.15, 0.2) is 12.1 Å². The Hall–Kier alpha value is -1.69. The molecule has 118 valence electrons. The largest absolute Gasteiger partial charge is 0.369 e.